The first-order chi connectivity index (χ1) is 6.83. The lowest BCUT2D eigenvalue weighted by Gasteiger charge is -2.05. The monoisotopic (exact) mass is 193 g/mol. The molecule has 14 heavy (non-hydrogen) atoms. The molecular weight excluding hydrogens is 181 g/mol. The van der Waals surface area contributed by atoms with Crippen LogP contribution in [0.15, 0.2) is 24.3 Å². The van der Waals surface area contributed by atoms with Crippen LogP contribution in [-0.4, -0.2) is 19.7 Å². The van der Waals surface area contributed by atoms with E-state index in [2.05, 4.69) is 11.2 Å². The molecule has 0 aliphatic carbocycles. The van der Waals surface area contributed by atoms with Crippen molar-refractivity contribution < 1.29 is 9.13 Å². The normalized spacial score (nSPS) is 9.43. The van der Waals surface area contributed by atoms with Gasteiger partial charge in [-0.1, -0.05) is 5.92 Å². The fourth-order valence-corrected chi connectivity index (χ4v) is 0.932. The summed E-state index contributed by atoms with van der Waals surface area (Å²) >= 11 is 0. The van der Waals surface area contributed by atoms with Crippen molar-refractivity contribution in [2.24, 2.45) is 0 Å². The van der Waals surface area contributed by atoms with E-state index in [1.165, 1.54) is 12.1 Å². The van der Waals surface area contributed by atoms with Crippen molar-refractivity contribution in [3.63, 3.8) is 0 Å². The highest BCUT2D eigenvalue weighted by Gasteiger charge is 1.93. The predicted molar refractivity (Wildman–Crippen MR) is 53.6 cm³/mol. The maximum absolute atomic E-state index is 12.5. The molecule has 0 heterocycles. The Kier molecular flexibility index (Phi) is 4.53. The Morgan fingerprint density at radius 2 is 2.07 bits per heavy atom. The van der Waals surface area contributed by atoms with Gasteiger partial charge >= 0.3 is 0 Å². The zero-order valence-electron chi connectivity index (χ0n) is 7.79. The van der Waals surface area contributed by atoms with Crippen LogP contribution in [0.2, 0.25) is 0 Å². The zero-order valence-corrected chi connectivity index (χ0v) is 7.79. The Balaban J connectivity index is 2.19. The minimum atomic E-state index is -0.261. The fourth-order valence-electron chi connectivity index (χ4n) is 0.932. The molecule has 0 amide bonds. The highest BCUT2D eigenvalue weighted by Crippen LogP contribution is 2.10. The molecule has 74 valence electrons. The molecule has 1 rings (SSSR count). The van der Waals surface area contributed by atoms with Crippen molar-refractivity contribution in [1.29, 1.82) is 0 Å². The van der Waals surface area contributed by atoms with Crippen LogP contribution >= 0.6 is 0 Å². The summed E-state index contributed by atoms with van der Waals surface area (Å²) in [5, 5.41) is 2.98. The molecule has 0 saturated carbocycles. The molecule has 0 fully saturated rings. The molecule has 0 aliphatic heterocycles. The van der Waals surface area contributed by atoms with Crippen LogP contribution in [0.25, 0.3) is 0 Å². The van der Waals surface area contributed by atoms with Crippen molar-refractivity contribution in [2.75, 3.05) is 19.7 Å². The van der Waals surface area contributed by atoms with Gasteiger partial charge in [-0.2, -0.15) is 0 Å². The lowest BCUT2D eigenvalue weighted by molar-refractivity contribution is 0.316. The van der Waals surface area contributed by atoms with E-state index in [0.717, 1.165) is 0 Å². The molecule has 0 bridgehead atoms. The van der Waals surface area contributed by atoms with E-state index >= 15 is 0 Å². The second kappa shape index (κ2) is 6.01. The van der Waals surface area contributed by atoms with Crippen molar-refractivity contribution in [2.45, 2.75) is 0 Å². The summed E-state index contributed by atoms with van der Waals surface area (Å²) in [5.41, 5.74) is 0. The van der Waals surface area contributed by atoms with E-state index in [4.69, 9.17) is 11.2 Å². The lowest BCUT2D eigenvalue weighted by atomic mass is 10.3. The van der Waals surface area contributed by atoms with E-state index in [-0.39, 0.29) is 5.82 Å². The van der Waals surface area contributed by atoms with Crippen LogP contribution in [-0.2, 0) is 0 Å². The Labute approximate surface area is 83.1 Å². The van der Waals surface area contributed by atoms with Gasteiger partial charge in [0.1, 0.15) is 18.2 Å². The second-order valence-corrected chi connectivity index (χ2v) is 2.68. The molecule has 1 N–H and O–H groups in total. The van der Waals surface area contributed by atoms with E-state index in [1.807, 2.05) is 0 Å². The molecule has 0 aliphatic rings. The number of terminal acetylenes is 1. The molecule has 0 saturated heterocycles. The van der Waals surface area contributed by atoms with E-state index < -0.39 is 0 Å². The second-order valence-electron chi connectivity index (χ2n) is 2.68. The van der Waals surface area contributed by atoms with Crippen LogP contribution in [0.4, 0.5) is 4.39 Å². The summed E-state index contributed by atoms with van der Waals surface area (Å²) in [5.74, 6) is 2.86. The van der Waals surface area contributed by atoms with E-state index in [0.29, 0.717) is 25.4 Å². The van der Waals surface area contributed by atoms with Gasteiger partial charge in [-0.15, -0.1) is 6.42 Å². The third kappa shape index (κ3) is 3.92. The number of hydrogen-bond donors (Lipinski definition) is 1. The smallest absolute Gasteiger partial charge is 0.123 e. The van der Waals surface area contributed by atoms with Gasteiger partial charge in [0.15, 0.2) is 0 Å². The van der Waals surface area contributed by atoms with Gasteiger partial charge in [0.2, 0.25) is 0 Å². The molecule has 1 aromatic carbocycles. The maximum Gasteiger partial charge on any atom is 0.123 e. The van der Waals surface area contributed by atoms with E-state index in [1.54, 1.807) is 12.1 Å². The molecule has 3 heteroatoms. The van der Waals surface area contributed by atoms with Crippen LogP contribution in [0.3, 0.4) is 0 Å². The first kappa shape index (κ1) is 10.6. The fraction of sp³-hybridized carbons (Fsp3) is 0.273. The molecule has 0 aromatic heterocycles. The van der Waals surface area contributed by atoms with Gasteiger partial charge in [-0.05, 0) is 24.3 Å². The lowest BCUT2D eigenvalue weighted by Crippen LogP contribution is -2.21. The van der Waals surface area contributed by atoms with Crippen molar-refractivity contribution in [3.8, 4) is 18.1 Å². The average molecular weight is 193 g/mol. The zero-order chi connectivity index (χ0) is 10.2. The van der Waals surface area contributed by atoms with Crippen LogP contribution in [0.5, 0.6) is 5.75 Å². The molecule has 0 unspecified atom stereocenters. The predicted octanol–water partition coefficient (Wildman–Crippen LogP) is 1.43. The number of hydrogen-bond acceptors (Lipinski definition) is 2. The standard InChI is InChI=1S/C11H12FNO/c1-2-7-13-8-9-14-11-5-3-10(12)4-6-11/h1,3-6,13H,7-9H2. The minimum absolute atomic E-state index is 0.261. The third-order valence-electron chi connectivity index (χ3n) is 1.59. The van der Waals surface area contributed by atoms with Gasteiger partial charge in [0, 0.05) is 6.54 Å². The Hall–Kier alpha value is -1.53. The quantitative estimate of drug-likeness (QED) is 0.564. The molecule has 0 atom stereocenters. The largest absolute Gasteiger partial charge is 0.492 e. The highest BCUT2D eigenvalue weighted by atomic mass is 19.1. The third-order valence-corrected chi connectivity index (χ3v) is 1.59. The summed E-state index contributed by atoms with van der Waals surface area (Å²) in [4.78, 5) is 0. The van der Waals surface area contributed by atoms with Gasteiger partial charge < -0.3 is 10.1 Å². The Morgan fingerprint density at radius 1 is 1.36 bits per heavy atom. The summed E-state index contributed by atoms with van der Waals surface area (Å²) in [6.07, 6.45) is 5.04. The molecule has 0 spiro atoms. The topological polar surface area (TPSA) is 21.3 Å². The summed E-state index contributed by atoms with van der Waals surface area (Å²) in [6.45, 7) is 1.74. The average Bonchev–Trinajstić information content (AvgIpc) is 2.21. The SMILES string of the molecule is C#CCNCCOc1ccc(F)cc1. The Morgan fingerprint density at radius 3 is 2.71 bits per heavy atom. The number of benzene rings is 1. The number of rotatable bonds is 5. The van der Waals surface area contributed by atoms with Gasteiger partial charge in [-0.25, -0.2) is 4.39 Å². The molecular formula is C11H12FNO. The van der Waals surface area contributed by atoms with Crippen LogP contribution in [0, 0.1) is 18.2 Å². The summed E-state index contributed by atoms with van der Waals surface area (Å²) in [7, 11) is 0. The molecule has 0 radical (unpaired) electrons. The highest BCUT2D eigenvalue weighted by molar-refractivity contribution is 5.21. The first-order valence-electron chi connectivity index (χ1n) is 4.35. The number of halogens is 1. The van der Waals surface area contributed by atoms with Gasteiger partial charge in [-0.3, -0.25) is 0 Å². The molecule has 1 aromatic rings. The maximum atomic E-state index is 12.5. The molecule has 2 nitrogen and oxygen atoms in total. The minimum Gasteiger partial charge on any atom is -0.492 e. The number of nitrogens with one attached hydrogen (secondary N) is 1. The van der Waals surface area contributed by atoms with Crippen molar-refractivity contribution in [3.05, 3.63) is 30.1 Å². The Bertz CT molecular complexity index is 302. The van der Waals surface area contributed by atoms with Crippen molar-refractivity contribution >= 4 is 0 Å². The van der Waals surface area contributed by atoms with Gasteiger partial charge in [0.25, 0.3) is 0 Å². The summed E-state index contributed by atoms with van der Waals surface area (Å²) < 4.78 is 17.8. The first-order valence-corrected chi connectivity index (χ1v) is 4.35. The van der Waals surface area contributed by atoms with E-state index in [9.17, 15) is 4.39 Å². The summed E-state index contributed by atoms with van der Waals surface area (Å²) in [6, 6.07) is 5.92. The van der Waals surface area contributed by atoms with Crippen LogP contribution < -0.4 is 10.1 Å². The van der Waals surface area contributed by atoms with Gasteiger partial charge in [0.05, 0.1) is 6.54 Å². The number of ether oxygens (including phenoxy) is 1. The van der Waals surface area contributed by atoms with Crippen molar-refractivity contribution in [1.82, 2.24) is 5.32 Å². The van der Waals surface area contributed by atoms with Crippen LogP contribution in [0.1, 0.15) is 0 Å².